The number of furan rings is 1. The van der Waals surface area contributed by atoms with E-state index < -0.39 is 0 Å². The topological polar surface area (TPSA) is 85.8 Å². The first-order chi connectivity index (χ1) is 10.6. The first-order valence-electron chi connectivity index (χ1n) is 6.75. The molecule has 3 aromatic heterocycles. The average Bonchev–Trinajstić information content (AvgIpc) is 3.09. The molecule has 0 unspecified atom stereocenters. The van der Waals surface area contributed by atoms with Crippen LogP contribution in [0.4, 0.5) is 5.69 Å². The van der Waals surface area contributed by atoms with Crippen LogP contribution < -0.4 is 5.32 Å². The minimum Gasteiger partial charge on any atom is -0.466 e. The zero-order valence-electron chi connectivity index (χ0n) is 12.5. The van der Waals surface area contributed by atoms with Crippen LogP contribution in [-0.2, 0) is 0 Å². The van der Waals surface area contributed by atoms with E-state index in [1.54, 1.807) is 36.3 Å². The summed E-state index contributed by atoms with van der Waals surface area (Å²) in [5, 5.41) is 6.81. The molecule has 0 radical (unpaired) electrons. The van der Waals surface area contributed by atoms with Crippen molar-refractivity contribution in [3.63, 3.8) is 0 Å². The van der Waals surface area contributed by atoms with Crippen LogP contribution in [0, 0.1) is 20.8 Å². The van der Waals surface area contributed by atoms with Gasteiger partial charge in [0.2, 0.25) is 0 Å². The lowest BCUT2D eigenvalue weighted by molar-refractivity contribution is 0.102. The van der Waals surface area contributed by atoms with Crippen LogP contribution in [0.25, 0.3) is 5.82 Å². The summed E-state index contributed by atoms with van der Waals surface area (Å²) in [7, 11) is 0. The lowest BCUT2D eigenvalue weighted by atomic mass is 10.1. The van der Waals surface area contributed by atoms with E-state index in [2.05, 4.69) is 20.4 Å². The van der Waals surface area contributed by atoms with Crippen molar-refractivity contribution < 1.29 is 9.21 Å². The van der Waals surface area contributed by atoms with Gasteiger partial charge in [0.25, 0.3) is 5.91 Å². The van der Waals surface area contributed by atoms with E-state index in [0.29, 0.717) is 22.8 Å². The molecule has 1 amide bonds. The Labute approximate surface area is 127 Å². The van der Waals surface area contributed by atoms with E-state index in [1.165, 1.54) is 6.33 Å². The molecule has 0 atom stereocenters. The average molecular weight is 297 g/mol. The maximum Gasteiger partial charge on any atom is 0.259 e. The van der Waals surface area contributed by atoms with E-state index in [0.717, 1.165) is 11.3 Å². The van der Waals surface area contributed by atoms with E-state index in [-0.39, 0.29) is 5.91 Å². The third-order valence-electron chi connectivity index (χ3n) is 3.45. The van der Waals surface area contributed by atoms with E-state index in [4.69, 9.17) is 4.42 Å². The van der Waals surface area contributed by atoms with Gasteiger partial charge in [-0.25, -0.2) is 14.6 Å². The van der Waals surface area contributed by atoms with Crippen LogP contribution in [0.15, 0.2) is 35.4 Å². The van der Waals surface area contributed by atoms with Crippen LogP contribution in [0.2, 0.25) is 0 Å². The zero-order valence-corrected chi connectivity index (χ0v) is 12.5. The van der Waals surface area contributed by atoms with Crippen molar-refractivity contribution in [2.75, 3.05) is 5.32 Å². The normalized spacial score (nSPS) is 10.7. The number of anilines is 1. The number of carbonyl (C=O) groups excluding carboxylic acids is 1. The fourth-order valence-corrected chi connectivity index (χ4v) is 2.24. The highest BCUT2D eigenvalue weighted by molar-refractivity contribution is 6.06. The lowest BCUT2D eigenvalue weighted by Gasteiger charge is -2.06. The molecule has 0 saturated heterocycles. The van der Waals surface area contributed by atoms with Crippen LogP contribution >= 0.6 is 0 Å². The summed E-state index contributed by atoms with van der Waals surface area (Å²) in [6.45, 7) is 5.49. The Morgan fingerprint density at radius 1 is 1.23 bits per heavy atom. The van der Waals surface area contributed by atoms with Crippen molar-refractivity contribution in [3.8, 4) is 5.82 Å². The van der Waals surface area contributed by atoms with E-state index in [1.807, 2.05) is 13.8 Å². The molecule has 3 rings (SSSR count). The number of rotatable bonds is 3. The Balaban J connectivity index is 1.80. The smallest absolute Gasteiger partial charge is 0.259 e. The van der Waals surface area contributed by atoms with Gasteiger partial charge in [-0.2, -0.15) is 5.10 Å². The predicted octanol–water partition coefficient (Wildman–Crippen LogP) is 2.43. The zero-order chi connectivity index (χ0) is 15.7. The van der Waals surface area contributed by atoms with Gasteiger partial charge in [-0.1, -0.05) is 0 Å². The summed E-state index contributed by atoms with van der Waals surface area (Å²) < 4.78 is 7.02. The summed E-state index contributed by atoms with van der Waals surface area (Å²) in [6.07, 6.45) is 4.57. The molecule has 0 aliphatic carbocycles. The highest BCUT2D eigenvalue weighted by Gasteiger charge is 2.18. The second-order valence-electron chi connectivity index (χ2n) is 4.91. The fourth-order valence-electron chi connectivity index (χ4n) is 2.24. The largest absolute Gasteiger partial charge is 0.466 e. The molecule has 7 heteroatoms. The van der Waals surface area contributed by atoms with Gasteiger partial charge in [-0.15, -0.1) is 0 Å². The fraction of sp³-hybridized carbons (Fsp3) is 0.200. The quantitative estimate of drug-likeness (QED) is 0.802. The van der Waals surface area contributed by atoms with Crippen molar-refractivity contribution in [3.05, 3.63) is 53.6 Å². The van der Waals surface area contributed by atoms with Crippen LogP contribution in [0.3, 0.4) is 0 Å². The first kappa shape index (κ1) is 14.0. The summed E-state index contributed by atoms with van der Waals surface area (Å²) in [6, 6.07) is 3.52. The Morgan fingerprint density at radius 3 is 2.59 bits per heavy atom. The number of amides is 1. The SMILES string of the molecule is Cc1oc(C)c(C(=O)Nc2ccc(-n3cncn3)nc2)c1C. The molecule has 0 aliphatic rings. The number of carbonyl (C=O) groups is 1. The second-order valence-corrected chi connectivity index (χ2v) is 4.91. The highest BCUT2D eigenvalue weighted by atomic mass is 16.3. The van der Waals surface area contributed by atoms with Gasteiger partial charge < -0.3 is 9.73 Å². The Morgan fingerprint density at radius 2 is 2.05 bits per heavy atom. The first-order valence-corrected chi connectivity index (χ1v) is 6.75. The number of pyridine rings is 1. The number of hydrogen-bond acceptors (Lipinski definition) is 5. The molecule has 112 valence electrons. The summed E-state index contributed by atoms with van der Waals surface area (Å²) in [5.41, 5.74) is 2.02. The Kier molecular flexibility index (Phi) is 3.46. The Bertz CT molecular complexity index is 803. The molecular formula is C15H15N5O2. The molecule has 22 heavy (non-hydrogen) atoms. The van der Waals surface area contributed by atoms with Gasteiger partial charge in [0.1, 0.15) is 24.2 Å². The van der Waals surface area contributed by atoms with Crippen molar-refractivity contribution in [2.45, 2.75) is 20.8 Å². The van der Waals surface area contributed by atoms with Crippen LogP contribution in [0.5, 0.6) is 0 Å². The van der Waals surface area contributed by atoms with Gasteiger partial charge in [-0.05, 0) is 32.9 Å². The predicted molar refractivity (Wildman–Crippen MR) is 80.0 cm³/mol. The molecular weight excluding hydrogens is 282 g/mol. The summed E-state index contributed by atoms with van der Waals surface area (Å²) in [4.78, 5) is 20.5. The highest BCUT2D eigenvalue weighted by Crippen LogP contribution is 2.22. The van der Waals surface area contributed by atoms with Gasteiger partial charge in [0.15, 0.2) is 5.82 Å². The van der Waals surface area contributed by atoms with E-state index in [9.17, 15) is 4.79 Å². The molecule has 0 saturated carbocycles. The van der Waals surface area contributed by atoms with Gasteiger partial charge in [0.05, 0.1) is 17.4 Å². The minimum absolute atomic E-state index is 0.206. The minimum atomic E-state index is -0.206. The molecule has 7 nitrogen and oxygen atoms in total. The van der Waals surface area contributed by atoms with Crippen molar-refractivity contribution >= 4 is 11.6 Å². The van der Waals surface area contributed by atoms with Crippen LogP contribution in [0.1, 0.15) is 27.4 Å². The van der Waals surface area contributed by atoms with Crippen molar-refractivity contribution in [1.82, 2.24) is 19.7 Å². The molecule has 0 aliphatic heterocycles. The van der Waals surface area contributed by atoms with E-state index >= 15 is 0 Å². The summed E-state index contributed by atoms with van der Waals surface area (Å²) in [5.74, 6) is 1.78. The maximum absolute atomic E-state index is 12.4. The molecule has 0 fully saturated rings. The molecule has 0 bridgehead atoms. The monoisotopic (exact) mass is 297 g/mol. The van der Waals surface area contributed by atoms with Gasteiger partial charge in [0, 0.05) is 5.56 Å². The third-order valence-corrected chi connectivity index (χ3v) is 3.45. The number of hydrogen-bond donors (Lipinski definition) is 1. The molecule has 1 N–H and O–H groups in total. The van der Waals surface area contributed by atoms with Crippen molar-refractivity contribution in [1.29, 1.82) is 0 Å². The molecule has 3 aromatic rings. The van der Waals surface area contributed by atoms with Crippen molar-refractivity contribution in [2.24, 2.45) is 0 Å². The van der Waals surface area contributed by atoms with Gasteiger partial charge >= 0.3 is 0 Å². The standard InChI is InChI=1S/C15H15N5O2/c1-9-10(2)22-11(3)14(9)15(21)19-12-4-5-13(17-6-12)20-8-16-7-18-20/h4-8H,1-3H3,(H,19,21). The number of aromatic nitrogens is 4. The molecule has 0 spiro atoms. The lowest BCUT2D eigenvalue weighted by Crippen LogP contribution is -2.14. The Hall–Kier alpha value is -2.96. The second kappa shape index (κ2) is 5.44. The maximum atomic E-state index is 12.4. The third kappa shape index (κ3) is 2.48. The number of aryl methyl sites for hydroxylation is 2. The number of nitrogens with one attached hydrogen (secondary N) is 1. The summed E-state index contributed by atoms with van der Waals surface area (Å²) >= 11 is 0. The van der Waals surface area contributed by atoms with Crippen LogP contribution in [-0.4, -0.2) is 25.7 Å². The molecule has 3 heterocycles. The number of nitrogens with zero attached hydrogens (tertiary/aromatic N) is 4. The molecule has 0 aromatic carbocycles. The van der Waals surface area contributed by atoms with Gasteiger partial charge in [-0.3, -0.25) is 4.79 Å².